The molecule has 94 valence electrons. The summed E-state index contributed by atoms with van der Waals surface area (Å²) in [5.41, 5.74) is 4.25. The molecule has 1 aromatic carbocycles. The SMILES string of the molecule is O=C1CCCC/C1=N\Nc1ccc(C(=O)O)cc1. The van der Waals surface area contributed by atoms with Crippen LogP contribution in [0.4, 0.5) is 5.69 Å². The molecule has 1 aliphatic rings. The minimum absolute atomic E-state index is 0.0934. The maximum Gasteiger partial charge on any atom is 0.335 e. The largest absolute Gasteiger partial charge is 0.478 e. The van der Waals surface area contributed by atoms with Crippen molar-refractivity contribution in [3.05, 3.63) is 29.8 Å². The predicted octanol–water partition coefficient (Wildman–Crippen LogP) is 2.30. The Morgan fingerprint density at radius 3 is 2.44 bits per heavy atom. The van der Waals surface area contributed by atoms with Gasteiger partial charge in [0.2, 0.25) is 0 Å². The van der Waals surface area contributed by atoms with Crippen LogP contribution in [0.2, 0.25) is 0 Å². The Bertz CT molecular complexity index is 491. The summed E-state index contributed by atoms with van der Waals surface area (Å²) in [5.74, 6) is -0.869. The van der Waals surface area contributed by atoms with Gasteiger partial charge in [0, 0.05) is 6.42 Å². The molecule has 2 rings (SSSR count). The van der Waals surface area contributed by atoms with Gasteiger partial charge in [-0.25, -0.2) is 4.79 Å². The monoisotopic (exact) mass is 246 g/mol. The van der Waals surface area contributed by atoms with Crippen LogP contribution in [0.1, 0.15) is 36.0 Å². The first-order valence-corrected chi connectivity index (χ1v) is 5.86. The summed E-state index contributed by atoms with van der Waals surface area (Å²) in [7, 11) is 0. The van der Waals surface area contributed by atoms with Crippen LogP contribution in [0, 0.1) is 0 Å². The van der Waals surface area contributed by atoms with Gasteiger partial charge >= 0.3 is 5.97 Å². The number of carbonyl (C=O) groups excluding carboxylic acids is 1. The van der Waals surface area contributed by atoms with E-state index >= 15 is 0 Å². The molecule has 0 bridgehead atoms. The van der Waals surface area contributed by atoms with Crippen molar-refractivity contribution < 1.29 is 14.7 Å². The molecule has 1 aliphatic carbocycles. The summed E-state index contributed by atoms with van der Waals surface area (Å²) >= 11 is 0. The number of hydrazone groups is 1. The predicted molar refractivity (Wildman–Crippen MR) is 67.9 cm³/mol. The number of carboxylic acid groups (broad SMARTS) is 1. The first-order chi connectivity index (χ1) is 8.66. The number of anilines is 1. The third kappa shape index (κ3) is 2.94. The van der Waals surface area contributed by atoms with Crippen molar-refractivity contribution in [2.24, 2.45) is 5.10 Å². The number of benzene rings is 1. The summed E-state index contributed by atoms with van der Waals surface area (Å²) in [6, 6.07) is 6.24. The van der Waals surface area contributed by atoms with Gasteiger partial charge in [-0.05, 0) is 43.5 Å². The molecule has 0 spiro atoms. The van der Waals surface area contributed by atoms with Crippen molar-refractivity contribution in [3.8, 4) is 0 Å². The minimum atomic E-state index is -0.963. The Hall–Kier alpha value is -2.17. The average Bonchev–Trinajstić information content (AvgIpc) is 2.38. The quantitative estimate of drug-likeness (QED) is 0.802. The normalized spacial score (nSPS) is 17.8. The minimum Gasteiger partial charge on any atom is -0.478 e. The standard InChI is InChI=1S/C13H14N2O3/c16-12-4-2-1-3-11(12)15-14-10-7-5-9(6-8-10)13(17)18/h5-8,14H,1-4H2,(H,17,18)/b15-11+. The van der Waals surface area contributed by atoms with Gasteiger partial charge in [-0.1, -0.05) is 0 Å². The van der Waals surface area contributed by atoms with Gasteiger partial charge in [0.25, 0.3) is 0 Å². The lowest BCUT2D eigenvalue weighted by molar-refractivity contribution is -0.113. The van der Waals surface area contributed by atoms with Crippen LogP contribution in [0.15, 0.2) is 29.4 Å². The molecule has 0 atom stereocenters. The molecular formula is C13H14N2O3. The Morgan fingerprint density at radius 2 is 1.83 bits per heavy atom. The number of nitrogens with zero attached hydrogens (tertiary/aromatic N) is 1. The highest BCUT2D eigenvalue weighted by atomic mass is 16.4. The van der Waals surface area contributed by atoms with Gasteiger partial charge in [-0.3, -0.25) is 10.2 Å². The van der Waals surface area contributed by atoms with Crippen LogP contribution in [0.5, 0.6) is 0 Å². The van der Waals surface area contributed by atoms with Gasteiger partial charge in [-0.2, -0.15) is 5.10 Å². The summed E-state index contributed by atoms with van der Waals surface area (Å²) in [5, 5.41) is 12.8. The summed E-state index contributed by atoms with van der Waals surface area (Å²) in [6.45, 7) is 0. The molecule has 2 N–H and O–H groups in total. The van der Waals surface area contributed by atoms with E-state index in [9.17, 15) is 9.59 Å². The number of aromatic carboxylic acids is 1. The molecular weight excluding hydrogens is 232 g/mol. The molecule has 0 aliphatic heterocycles. The smallest absolute Gasteiger partial charge is 0.335 e. The van der Waals surface area contributed by atoms with Crippen molar-refractivity contribution in [1.82, 2.24) is 0 Å². The number of ketones is 1. The number of carboxylic acids is 1. The number of hydrogen-bond acceptors (Lipinski definition) is 4. The molecule has 0 unspecified atom stereocenters. The van der Waals surface area contributed by atoms with E-state index < -0.39 is 5.97 Å². The zero-order valence-electron chi connectivity index (χ0n) is 9.85. The van der Waals surface area contributed by atoms with Crippen molar-refractivity contribution in [1.29, 1.82) is 0 Å². The van der Waals surface area contributed by atoms with Gasteiger partial charge in [-0.15, -0.1) is 0 Å². The van der Waals surface area contributed by atoms with E-state index in [2.05, 4.69) is 10.5 Å². The topological polar surface area (TPSA) is 78.8 Å². The molecule has 1 saturated carbocycles. The summed E-state index contributed by atoms with van der Waals surface area (Å²) in [6.07, 6.45) is 3.20. The zero-order valence-corrected chi connectivity index (χ0v) is 9.85. The second-order valence-corrected chi connectivity index (χ2v) is 4.18. The number of rotatable bonds is 3. The van der Waals surface area contributed by atoms with E-state index in [1.165, 1.54) is 12.1 Å². The molecule has 0 aromatic heterocycles. The van der Waals surface area contributed by atoms with E-state index in [1.54, 1.807) is 12.1 Å². The summed E-state index contributed by atoms with van der Waals surface area (Å²) < 4.78 is 0. The Labute approximate surface area is 105 Å². The zero-order chi connectivity index (χ0) is 13.0. The number of Topliss-reactive ketones (excluding diaryl/α,β-unsaturated/α-hetero) is 1. The fourth-order valence-corrected chi connectivity index (χ4v) is 1.80. The number of nitrogens with one attached hydrogen (secondary N) is 1. The first kappa shape index (κ1) is 12.3. The number of hydrogen-bond donors (Lipinski definition) is 2. The average molecular weight is 246 g/mol. The molecule has 18 heavy (non-hydrogen) atoms. The van der Waals surface area contributed by atoms with Crippen molar-refractivity contribution in [3.63, 3.8) is 0 Å². The third-order valence-corrected chi connectivity index (χ3v) is 2.84. The molecule has 0 saturated heterocycles. The van der Waals surface area contributed by atoms with Crippen molar-refractivity contribution >= 4 is 23.2 Å². The summed E-state index contributed by atoms with van der Waals surface area (Å²) in [4.78, 5) is 22.2. The lowest BCUT2D eigenvalue weighted by Crippen LogP contribution is -2.19. The first-order valence-electron chi connectivity index (χ1n) is 5.86. The molecule has 5 nitrogen and oxygen atoms in total. The fourth-order valence-electron chi connectivity index (χ4n) is 1.80. The molecule has 1 aromatic rings. The third-order valence-electron chi connectivity index (χ3n) is 2.84. The van der Waals surface area contributed by atoms with Crippen molar-refractivity contribution in [2.75, 3.05) is 5.43 Å². The van der Waals surface area contributed by atoms with E-state index in [4.69, 9.17) is 5.11 Å². The highest BCUT2D eigenvalue weighted by Gasteiger charge is 2.16. The molecule has 0 heterocycles. The van der Waals surface area contributed by atoms with Gasteiger partial charge in [0.15, 0.2) is 5.78 Å². The van der Waals surface area contributed by atoms with Crippen LogP contribution >= 0.6 is 0 Å². The van der Waals surface area contributed by atoms with E-state index in [1.807, 2.05) is 0 Å². The van der Waals surface area contributed by atoms with E-state index in [0.29, 0.717) is 24.2 Å². The van der Waals surface area contributed by atoms with Crippen LogP contribution in [0.25, 0.3) is 0 Å². The van der Waals surface area contributed by atoms with Crippen LogP contribution in [-0.2, 0) is 4.79 Å². The Balaban J connectivity index is 2.03. The lowest BCUT2D eigenvalue weighted by Gasteiger charge is -2.11. The number of carbonyl (C=O) groups is 2. The fraction of sp³-hybridized carbons (Fsp3) is 0.308. The molecule has 5 heteroatoms. The second-order valence-electron chi connectivity index (χ2n) is 4.18. The lowest BCUT2D eigenvalue weighted by atomic mass is 9.97. The maximum atomic E-state index is 11.5. The van der Waals surface area contributed by atoms with Gasteiger partial charge < -0.3 is 5.11 Å². The van der Waals surface area contributed by atoms with Crippen LogP contribution in [-0.4, -0.2) is 22.6 Å². The van der Waals surface area contributed by atoms with E-state index in [-0.39, 0.29) is 11.3 Å². The van der Waals surface area contributed by atoms with Crippen LogP contribution in [0.3, 0.4) is 0 Å². The Morgan fingerprint density at radius 1 is 1.17 bits per heavy atom. The Kier molecular flexibility index (Phi) is 3.72. The second kappa shape index (κ2) is 5.44. The molecule has 1 fully saturated rings. The molecule has 0 radical (unpaired) electrons. The highest BCUT2D eigenvalue weighted by Crippen LogP contribution is 2.14. The maximum absolute atomic E-state index is 11.5. The van der Waals surface area contributed by atoms with E-state index in [0.717, 1.165) is 12.8 Å². The van der Waals surface area contributed by atoms with Crippen LogP contribution < -0.4 is 5.43 Å². The highest BCUT2D eigenvalue weighted by molar-refractivity contribution is 6.40. The van der Waals surface area contributed by atoms with Gasteiger partial charge in [0.05, 0.1) is 11.3 Å². The van der Waals surface area contributed by atoms with Gasteiger partial charge in [0.1, 0.15) is 5.71 Å². The van der Waals surface area contributed by atoms with Crippen molar-refractivity contribution in [2.45, 2.75) is 25.7 Å². The molecule has 0 amide bonds.